The fourth-order valence-electron chi connectivity index (χ4n) is 5.05. The van der Waals surface area contributed by atoms with Crippen LogP contribution in [0.1, 0.15) is 36.1 Å². The van der Waals surface area contributed by atoms with E-state index in [1.165, 1.54) is 29.7 Å². The highest BCUT2D eigenvalue weighted by Gasteiger charge is 2.43. The summed E-state index contributed by atoms with van der Waals surface area (Å²) in [6, 6.07) is 6.14. The molecular formula is C22H26N4O2. The molecule has 6 heteroatoms. The van der Waals surface area contributed by atoms with Crippen LogP contribution < -0.4 is 14.4 Å². The number of rotatable bonds is 3. The molecule has 3 aromatic rings. The third kappa shape index (κ3) is 2.54. The number of aromatic nitrogens is 3. The van der Waals surface area contributed by atoms with Crippen LogP contribution in [0.2, 0.25) is 0 Å². The van der Waals surface area contributed by atoms with Gasteiger partial charge in [0.15, 0.2) is 0 Å². The Morgan fingerprint density at radius 2 is 2.04 bits per heavy atom. The normalized spacial score (nSPS) is 21.3. The molecule has 1 spiro atoms. The molecule has 1 aliphatic heterocycles. The van der Waals surface area contributed by atoms with E-state index < -0.39 is 0 Å². The molecule has 28 heavy (non-hydrogen) atoms. The van der Waals surface area contributed by atoms with Gasteiger partial charge in [0.2, 0.25) is 0 Å². The Hall–Kier alpha value is -2.76. The predicted molar refractivity (Wildman–Crippen MR) is 110 cm³/mol. The number of piperidine rings is 1. The number of nitrogens with zero attached hydrogens (tertiary/aromatic N) is 3. The van der Waals surface area contributed by atoms with Crippen LogP contribution in [-0.2, 0) is 11.8 Å². The zero-order chi connectivity index (χ0) is 19.3. The van der Waals surface area contributed by atoms with Crippen molar-refractivity contribution in [3.05, 3.63) is 41.2 Å². The quantitative estimate of drug-likeness (QED) is 0.752. The summed E-state index contributed by atoms with van der Waals surface area (Å²) in [6.45, 7) is 4.15. The molecule has 146 valence electrons. The number of fused-ring (bicyclic) bond motifs is 3. The summed E-state index contributed by atoms with van der Waals surface area (Å²) in [5, 5.41) is 8.66. The first-order chi connectivity index (χ1) is 13.6. The molecule has 0 amide bonds. The Labute approximate surface area is 164 Å². The van der Waals surface area contributed by atoms with E-state index in [1.807, 2.05) is 18.3 Å². The van der Waals surface area contributed by atoms with E-state index in [1.54, 1.807) is 14.2 Å². The maximum atomic E-state index is 5.62. The summed E-state index contributed by atoms with van der Waals surface area (Å²) < 4.78 is 11.1. The van der Waals surface area contributed by atoms with Crippen LogP contribution in [0.25, 0.3) is 10.9 Å². The molecule has 0 radical (unpaired) electrons. The Balaban J connectivity index is 1.56. The highest BCUT2D eigenvalue weighted by atomic mass is 16.5. The van der Waals surface area contributed by atoms with Crippen LogP contribution in [0.3, 0.4) is 0 Å². The van der Waals surface area contributed by atoms with Gasteiger partial charge in [0.1, 0.15) is 22.8 Å². The van der Waals surface area contributed by atoms with Crippen LogP contribution in [0.4, 0.5) is 5.82 Å². The van der Waals surface area contributed by atoms with Gasteiger partial charge in [-0.2, -0.15) is 5.10 Å². The van der Waals surface area contributed by atoms with Gasteiger partial charge in [0, 0.05) is 35.7 Å². The Bertz CT molecular complexity index is 1040. The number of ether oxygens (including phenoxy) is 2. The first-order valence-electron chi connectivity index (χ1n) is 9.94. The summed E-state index contributed by atoms with van der Waals surface area (Å²) in [6.07, 6.45) is 6.69. The van der Waals surface area contributed by atoms with E-state index in [-0.39, 0.29) is 5.41 Å². The van der Waals surface area contributed by atoms with Gasteiger partial charge in [-0.25, -0.2) is 4.98 Å². The minimum Gasteiger partial charge on any atom is -0.497 e. The van der Waals surface area contributed by atoms with Gasteiger partial charge in [0.05, 0.1) is 20.4 Å². The number of nitrogens with one attached hydrogen (secondary N) is 1. The van der Waals surface area contributed by atoms with Crippen molar-refractivity contribution in [2.45, 2.75) is 38.0 Å². The molecule has 0 saturated carbocycles. The molecule has 6 nitrogen and oxygen atoms in total. The van der Waals surface area contributed by atoms with Gasteiger partial charge < -0.3 is 14.4 Å². The summed E-state index contributed by atoms with van der Waals surface area (Å²) in [5.41, 5.74) is 4.99. The topological polar surface area (TPSA) is 63.3 Å². The molecule has 3 heterocycles. The Morgan fingerprint density at radius 1 is 1.14 bits per heavy atom. The van der Waals surface area contributed by atoms with Crippen molar-refractivity contribution in [2.24, 2.45) is 0 Å². The summed E-state index contributed by atoms with van der Waals surface area (Å²) >= 11 is 0. The summed E-state index contributed by atoms with van der Waals surface area (Å²) in [7, 11) is 3.36. The monoisotopic (exact) mass is 378 g/mol. The maximum absolute atomic E-state index is 5.62. The lowest BCUT2D eigenvalue weighted by molar-refractivity contribution is 0.331. The molecule has 0 bridgehead atoms. The average molecular weight is 378 g/mol. The molecule has 1 N–H and O–H groups in total. The van der Waals surface area contributed by atoms with Crippen LogP contribution in [0.5, 0.6) is 11.5 Å². The standard InChI is InChI=1S/C22H26N4O2/c1-14-9-19(24-20-17(14)10-16(27-2)11-18(20)28-3)26-8-4-6-22(13-26)7-5-15-12-23-25-21(15)22/h9-12H,4-8,13H2,1-3H3,(H,23,25). The first kappa shape index (κ1) is 17.3. The largest absolute Gasteiger partial charge is 0.497 e. The minimum absolute atomic E-state index is 0.179. The molecule has 2 aromatic heterocycles. The zero-order valence-electron chi connectivity index (χ0n) is 16.7. The van der Waals surface area contributed by atoms with Crippen LogP contribution in [0, 0.1) is 6.92 Å². The third-order valence-corrected chi connectivity index (χ3v) is 6.52. The molecule has 5 rings (SSSR count). The van der Waals surface area contributed by atoms with Crippen LogP contribution in [-0.4, -0.2) is 42.5 Å². The second-order valence-corrected chi connectivity index (χ2v) is 8.10. The van der Waals surface area contributed by atoms with Crippen molar-refractivity contribution in [1.29, 1.82) is 0 Å². The van der Waals surface area contributed by atoms with Crippen molar-refractivity contribution in [1.82, 2.24) is 15.2 Å². The number of pyridine rings is 1. The van der Waals surface area contributed by atoms with Gasteiger partial charge in [-0.1, -0.05) is 0 Å². The molecule has 1 atom stereocenters. The first-order valence-corrected chi connectivity index (χ1v) is 9.94. The van der Waals surface area contributed by atoms with E-state index in [4.69, 9.17) is 14.5 Å². The number of aromatic amines is 1. The molecule has 1 unspecified atom stereocenters. The van der Waals surface area contributed by atoms with Crippen LogP contribution >= 0.6 is 0 Å². The lowest BCUT2D eigenvalue weighted by Gasteiger charge is -2.41. The average Bonchev–Trinajstić information content (AvgIpc) is 3.32. The molecule has 1 saturated heterocycles. The highest BCUT2D eigenvalue weighted by molar-refractivity contribution is 5.90. The van der Waals surface area contributed by atoms with Gasteiger partial charge in [-0.15, -0.1) is 0 Å². The van der Waals surface area contributed by atoms with Crippen molar-refractivity contribution in [3.63, 3.8) is 0 Å². The number of hydrogen-bond donors (Lipinski definition) is 1. The SMILES string of the molecule is COc1cc(OC)c2nc(N3CCCC4(CCc5cn[nH]c54)C3)cc(C)c2c1. The maximum Gasteiger partial charge on any atom is 0.148 e. The molecule has 1 aliphatic carbocycles. The molecular weight excluding hydrogens is 352 g/mol. The fourth-order valence-corrected chi connectivity index (χ4v) is 5.05. The molecule has 2 aliphatic rings. The van der Waals surface area contributed by atoms with Crippen LogP contribution in [0.15, 0.2) is 24.4 Å². The smallest absolute Gasteiger partial charge is 0.148 e. The van der Waals surface area contributed by atoms with Crippen molar-refractivity contribution in [2.75, 3.05) is 32.2 Å². The Morgan fingerprint density at radius 3 is 2.86 bits per heavy atom. The minimum atomic E-state index is 0.179. The third-order valence-electron chi connectivity index (χ3n) is 6.52. The summed E-state index contributed by atoms with van der Waals surface area (Å²) in [4.78, 5) is 7.46. The number of methoxy groups -OCH3 is 2. The van der Waals surface area contributed by atoms with E-state index in [0.29, 0.717) is 0 Å². The second-order valence-electron chi connectivity index (χ2n) is 8.10. The van der Waals surface area contributed by atoms with E-state index in [2.05, 4.69) is 28.1 Å². The van der Waals surface area contributed by atoms with Gasteiger partial charge in [-0.05, 0) is 55.9 Å². The highest BCUT2D eigenvalue weighted by Crippen LogP contribution is 2.45. The van der Waals surface area contributed by atoms with E-state index in [0.717, 1.165) is 54.2 Å². The van der Waals surface area contributed by atoms with Crippen molar-refractivity contribution < 1.29 is 9.47 Å². The van der Waals surface area contributed by atoms with Gasteiger partial charge >= 0.3 is 0 Å². The van der Waals surface area contributed by atoms with Crippen molar-refractivity contribution in [3.8, 4) is 11.5 Å². The molecule has 1 fully saturated rings. The fraction of sp³-hybridized carbons (Fsp3) is 0.455. The lowest BCUT2D eigenvalue weighted by Crippen LogP contribution is -2.45. The van der Waals surface area contributed by atoms with Gasteiger partial charge in [-0.3, -0.25) is 5.10 Å². The van der Waals surface area contributed by atoms with Crippen molar-refractivity contribution >= 4 is 16.7 Å². The van der Waals surface area contributed by atoms with Gasteiger partial charge in [0.25, 0.3) is 0 Å². The number of H-pyrrole nitrogens is 1. The van der Waals surface area contributed by atoms with E-state index >= 15 is 0 Å². The second kappa shape index (κ2) is 6.40. The number of anilines is 1. The predicted octanol–water partition coefficient (Wildman–Crippen LogP) is 3.77. The molecule has 1 aromatic carbocycles. The van der Waals surface area contributed by atoms with E-state index in [9.17, 15) is 0 Å². The zero-order valence-corrected chi connectivity index (χ0v) is 16.7. The lowest BCUT2D eigenvalue weighted by atomic mass is 9.77. The number of hydrogen-bond acceptors (Lipinski definition) is 5. The summed E-state index contributed by atoms with van der Waals surface area (Å²) in [5.74, 6) is 2.57. The Kier molecular flexibility index (Phi) is 3.96. The number of benzene rings is 1. The number of aryl methyl sites for hydroxylation is 2.